The summed E-state index contributed by atoms with van der Waals surface area (Å²) in [5.74, 6) is 0. The van der Waals surface area contributed by atoms with Gasteiger partial charge in [0.1, 0.15) is 0 Å². The van der Waals surface area contributed by atoms with Crippen LogP contribution in [0.25, 0.3) is 22.2 Å². The molecule has 0 saturated carbocycles. The van der Waals surface area contributed by atoms with Crippen LogP contribution < -0.4 is 11.1 Å². The molecule has 0 aliphatic heterocycles. The quantitative estimate of drug-likeness (QED) is 0.627. The zero-order valence-electron chi connectivity index (χ0n) is 14.7. The number of halogens is 1. The second kappa shape index (κ2) is 7.52. The highest BCUT2D eigenvalue weighted by atomic mass is 35.5. The average Bonchev–Trinajstić information content (AvgIpc) is 2.58. The largest absolute Gasteiger partial charge is 0.326 e. The minimum absolute atomic E-state index is 0.157. The molecule has 0 saturated heterocycles. The molecule has 0 aliphatic rings. The molecule has 0 spiro atoms. The van der Waals surface area contributed by atoms with Crippen LogP contribution in [0.15, 0.2) is 54.6 Å². The Morgan fingerprint density at radius 3 is 2.56 bits per heavy atom. The first-order valence-electron chi connectivity index (χ1n) is 8.57. The highest BCUT2D eigenvalue weighted by Gasteiger charge is 2.11. The molecule has 4 heteroatoms. The number of hydrogen-bond acceptors (Lipinski definition) is 3. The Labute approximate surface area is 154 Å². The van der Waals surface area contributed by atoms with Crippen LogP contribution >= 0.6 is 11.6 Å². The van der Waals surface area contributed by atoms with Gasteiger partial charge >= 0.3 is 0 Å². The number of hydrogen-bond donors (Lipinski definition) is 2. The molecule has 0 radical (unpaired) electrons. The number of aromatic nitrogens is 1. The molecule has 0 amide bonds. The fourth-order valence-electron chi connectivity index (χ4n) is 2.81. The van der Waals surface area contributed by atoms with Gasteiger partial charge in [0.05, 0.1) is 11.2 Å². The summed E-state index contributed by atoms with van der Waals surface area (Å²) in [7, 11) is 0. The summed E-state index contributed by atoms with van der Waals surface area (Å²) in [4.78, 5) is 4.80. The van der Waals surface area contributed by atoms with Gasteiger partial charge in [-0.05, 0) is 50.6 Å². The van der Waals surface area contributed by atoms with E-state index < -0.39 is 0 Å². The van der Waals surface area contributed by atoms with E-state index in [0.29, 0.717) is 5.02 Å². The van der Waals surface area contributed by atoms with Crippen LogP contribution in [-0.4, -0.2) is 17.1 Å². The predicted octanol–water partition coefficient (Wildman–Crippen LogP) is 4.77. The number of fused-ring (bicyclic) bond motifs is 1. The Kier molecular flexibility index (Phi) is 5.38. The molecule has 1 aromatic heterocycles. The van der Waals surface area contributed by atoms with Gasteiger partial charge in [-0.2, -0.15) is 0 Å². The van der Waals surface area contributed by atoms with E-state index in [-0.39, 0.29) is 5.54 Å². The van der Waals surface area contributed by atoms with E-state index in [1.807, 2.05) is 50.2 Å². The zero-order valence-corrected chi connectivity index (χ0v) is 15.5. The maximum absolute atomic E-state index is 6.18. The number of nitrogens with two attached hydrogens (primary N) is 1. The lowest BCUT2D eigenvalue weighted by atomic mass is 10.0. The fourth-order valence-corrected chi connectivity index (χ4v) is 2.98. The topological polar surface area (TPSA) is 50.9 Å². The van der Waals surface area contributed by atoms with Gasteiger partial charge in [0.2, 0.25) is 0 Å². The summed E-state index contributed by atoms with van der Waals surface area (Å²) in [6.45, 7) is 5.75. The lowest BCUT2D eigenvalue weighted by Crippen LogP contribution is -2.35. The Bertz CT molecular complexity index is 854. The molecule has 0 unspecified atom stereocenters. The fraction of sp³-hybridized carbons (Fsp3) is 0.286. The minimum atomic E-state index is -0.157. The zero-order chi connectivity index (χ0) is 17.9. The van der Waals surface area contributed by atoms with E-state index >= 15 is 0 Å². The summed E-state index contributed by atoms with van der Waals surface area (Å²) in [5, 5.41) is 5.33. The molecule has 25 heavy (non-hydrogen) atoms. The molecular formula is C21H24ClN3. The van der Waals surface area contributed by atoms with Crippen molar-refractivity contribution in [2.75, 3.05) is 6.54 Å². The van der Waals surface area contributed by atoms with Crippen molar-refractivity contribution in [1.29, 1.82) is 0 Å². The van der Waals surface area contributed by atoms with Gasteiger partial charge in [-0.15, -0.1) is 0 Å². The van der Waals surface area contributed by atoms with E-state index in [4.69, 9.17) is 22.3 Å². The van der Waals surface area contributed by atoms with Crippen molar-refractivity contribution in [3.05, 3.63) is 65.2 Å². The van der Waals surface area contributed by atoms with Gasteiger partial charge in [0, 0.05) is 28.1 Å². The standard InChI is InChI=1S/C21H24ClN3/c1-21(2,23)10-11-24-14-16-12-19(15-6-4-3-5-7-15)25-20-13-17(22)8-9-18(16)20/h3-9,12-13,24H,10-11,14,23H2,1-2H3. The monoisotopic (exact) mass is 353 g/mol. The molecule has 3 aromatic rings. The Morgan fingerprint density at radius 2 is 1.84 bits per heavy atom. The molecule has 0 atom stereocenters. The number of pyridine rings is 1. The molecule has 0 fully saturated rings. The van der Waals surface area contributed by atoms with E-state index in [2.05, 4.69) is 23.5 Å². The molecule has 0 bridgehead atoms. The minimum Gasteiger partial charge on any atom is -0.326 e. The van der Waals surface area contributed by atoms with Crippen LogP contribution in [0.5, 0.6) is 0 Å². The molecule has 0 aliphatic carbocycles. The molecule has 1 heterocycles. The van der Waals surface area contributed by atoms with Crippen LogP contribution in [0.3, 0.4) is 0 Å². The van der Waals surface area contributed by atoms with Crippen molar-refractivity contribution in [3.63, 3.8) is 0 Å². The third-order valence-corrected chi connectivity index (χ3v) is 4.42. The van der Waals surface area contributed by atoms with Gasteiger partial charge in [0.25, 0.3) is 0 Å². The number of benzene rings is 2. The predicted molar refractivity (Wildman–Crippen MR) is 107 cm³/mol. The lowest BCUT2D eigenvalue weighted by molar-refractivity contribution is 0.455. The van der Waals surface area contributed by atoms with Gasteiger partial charge < -0.3 is 11.1 Å². The van der Waals surface area contributed by atoms with E-state index in [1.165, 1.54) is 5.56 Å². The highest BCUT2D eigenvalue weighted by molar-refractivity contribution is 6.31. The first kappa shape index (κ1) is 17.9. The third-order valence-electron chi connectivity index (χ3n) is 4.19. The van der Waals surface area contributed by atoms with E-state index in [1.54, 1.807) is 0 Å². The number of nitrogens with zero attached hydrogens (tertiary/aromatic N) is 1. The van der Waals surface area contributed by atoms with Crippen molar-refractivity contribution in [2.24, 2.45) is 5.73 Å². The van der Waals surface area contributed by atoms with Crippen molar-refractivity contribution < 1.29 is 0 Å². The number of nitrogens with one attached hydrogen (secondary N) is 1. The van der Waals surface area contributed by atoms with Crippen molar-refractivity contribution in [2.45, 2.75) is 32.4 Å². The normalized spacial score (nSPS) is 11.8. The van der Waals surface area contributed by atoms with Crippen LogP contribution in [0.1, 0.15) is 25.8 Å². The number of rotatable bonds is 6. The van der Waals surface area contributed by atoms with Crippen molar-refractivity contribution >= 4 is 22.5 Å². The maximum Gasteiger partial charge on any atom is 0.0727 e. The van der Waals surface area contributed by atoms with Crippen LogP contribution in [-0.2, 0) is 6.54 Å². The van der Waals surface area contributed by atoms with Gasteiger partial charge in [-0.25, -0.2) is 4.98 Å². The van der Waals surface area contributed by atoms with Gasteiger partial charge in [-0.3, -0.25) is 0 Å². The Balaban J connectivity index is 1.92. The van der Waals surface area contributed by atoms with Gasteiger partial charge in [0.15, 0.2) is 0 Å². The molecule has 3 N–H and O–H groups in total. The smallest absolute Gasteiger partial charge is 0.0727 e. The average molecular weight is 354 g/mol. The molecule has 130 valence electrons. The molecule has 3 rings (SSSR count). The van der Waals surface area contributed by atoms with Crippen LogP contribution in [0.4, 0.5) is 0 Å². The van der Waals surface area contributed by atoms with E-state index in [9.17, 15) is 0 Å². The second-order valence-corrected chi connectivity index (χ2v) is 7.55. The first-order valence-corrected chi connectivity index (χ1v) is 8.94. The molecular weight excluding hydrogens is 330 g/mol. The first-order chi connectivity index (χ1) is 11.9. The van der Waals surface area contributed by atoms with Crippen molar-refractivity contribution in [1.82, 2.24) is 10.3 Å². The second-order valence-electron chi connectivity index (χ2n) is 7.11. The SMILES string of the molecule is CC(C)(N)CCNCc1cc(-c2ccccc2)nc2cc(Cl)ccc12. The Morgan fingerprint density at radius 1 is 1.08 bits per heavy atom. The third kappa shape index (κ3) is 4.79. The summed E-state index contributed by atoms with van der Waals surface area (Å²) < 4.78 is 0. The summed E-state index contributed by atoms with van der Waals surface area (Å²) in [6.07, 6.45) is 0.924. The summed E-state index contributed by atoms with van der Waals surface area (Å²) in [6, 6.07) is 18.3. The van der Waals surface area contributed by atoms with Crippen molar-refractivity contribution in [3.8, 4) is 11.3 Å². The summed E-state index contributed by atoms with van der Waals surface area (Å²) in [5.41, 5.74) is 10.1. The van der Waals surface area contributed by atoms with Gasteiger partial charge in [-0.1, -0.05) is 48.0 Å². The van der Waals surface area contributed by atoms with Crippen LogP contribution in [0, 0.1) is 0 Å². The molecule has 2 aromatic carbocycles. The summed E-state index contributed by atoms with van der Waals surface area (Å²) >= 11 is 6.18. The maximum atomic E-state index is 6.18. The Hall–Kier alpha value is -1.94. The molecule has 3 nitrogen and oxygen atoms in total. The van der Waals surface area contributed by atoms with E-state index in [0.717, 1.165) is 41.7 Å². The highest BCUT2D eigenvalue weighted by Crippen LogP contribution is 2.26. The van der Waals surface area contributed by atoms with Crippen LogP contribution in [0.2, 0.25) is 5.02 Å². The lowest BCUT2D eigenvalue weighted by Gasteiger charge is -2.18.